The lowest BCUT2D eigenvalue weighted by Gasteiger charge is -2.12. The minimum Gasteiger partial charge on any atom is -0.483 e. The van der Waals surface area contributed by atoms with Crippen molar-refractivity contribution in [3.05, 3.63) is 54.6 Å². The lowest BCUT2D eigenvalue weighted by atomic mass is 10.00. The monoisotopic (exact) mass is 406 g/mol. The summed E-state index contributed by atoms with van der Waals surface area (Å²) in [6.07, 6.45) is 13.5. The van der Waals surface area contributed by atoms with Gasteiger partial charge >= 0.3 is 0 Å². The van der Waals surface area contributed by atoms with Gasteiger partial charge in [0.15, 0.2) is 6.61 Å². The van der Waals surface area contributed by atoms with Crippen LogP contribution in [-0.4, -0.2) is 18.2 Å². The summed E-state index contributed by atoms with van der Waals surface area (Å²) in [5, 5.41) is 4.44. The van der Waals surface area contributed by atoms with Gasteiger partial charge in [-0.15, -0.1) is 0 Å². The standard InChI is InChI=1S/C26H34N2O2/c29-26(28-27-23-17-11-6-4-2-1-3-5-7-12-18-23)21-30-25-20-14-13-19-24(25)22-15-9-8-10-16-22/h8-10,13-16,19-20H,1-7,11-12,17-18,21H2,(H,28,29). The number of hydrogen-bond acceptors (Lipinski definition) is 3. The first-order valence-corrected chi connectivity index (χ1v) is 11.4. The van der Waals surface area contributed by atoms with E-state index in [-0.39, 0.29) is 12.5 Å². The predicted octanol–water partition coefficient (Wildman–Crippen LogP) is 6.51. The van der Waals surface area contributed by atoms with Crippen LogP contribution in [-0.2, 0) is 4.79 Å². The third-order valence-corrected chi connectivity index (χ3v) is 5.60. The molecule has 3 rings (SSSR count). The molecule has 0 radical (unpaired) electrons. The summed E-state index contributed by atoms with van der Waals surface area (Å²) in [6.45, 7) is -0.0410. The molecule has 1 amide bonds. The number of nitrogens with one attached hydrogen (secondary N) is 1. The van der Waals surface area contributed by atoms with Crippen molar-refractivity contribution in [2.45, 2.75) is 70.6 Å². The Kier molecular flexibility index (Phi) is 9.45. The van der Waals surface area contributed by atoms with Crippen LogP contribution in [0.15, 0.2) is 59.7 Å². The van der Waals surface area contributed by atoms with E-state index in [0.717, 1.165) is 42.5 Å². The maximum atomic E-state index is 12.3. The molecule has 1 aliphatic carbocycles. The topological polar surface area (TPSA) is 50.7 Å². The maximum Gasteiger partial charge on any atom is 0.277 e. The van der Waals surface area contributed by atoms with E-state index in [4.69, 9.17) is 4.74 Å². The van der Waals surface area contributed by atoms with Crippen LogP contribution < -0.4 is 10.2 Å². The molecule has 0 aromatic heterocycles. The zero-order valence-electron chi connectivity index (χ0n) is 17.9. The van der Waals surface area contributed by atoms with Crippen molar-refractivity contribution in [1.82, 2.24) is 5.43 Å². The quantitative estimate of drug-likeness (QED) is 0.575. The number of hydrazone groups is 1. The summed E-state index contributed by atoms with van der Waals surface area (Å²) in [5.41, 5.74) is 5.89. The Morgan fingerprint density at radius 1 is 0.767 bits per heavy atom. The number of benzene rings is 2. The number of ether oxygens (including phenoxy) is 1. The van der Waals surface area contributed by atoms with E-state index >= 15 is 0 Å². The fourth-order valence-corrected chi connectivity index (χ4v) is 3.90. The average molecular weight is 407 g/mol. The highest BCUT2D eigenvalue weighted by atomic mass is 16.5. The molecule has 4 nitrogen and oxygen atoms in total. The lowest BCUT2D eigenvalue weighted by molar-refractivity contribution is -0.123. The fourth-order valence-electron chi connectivity index (χ4n) is 3.90. The molecule has 0 bridgehead atoms. The highest BCUT2D eigenvalue weighted by Gasteiger charge is 2.09. The Morgan fingerprint density at radius 2 is 1.33 bits per heavy atom. The Hall–Kier alpha value is -2.62. The molecule has 1 fully saturated rings. The second kappa shape index (κ2) is 12.8. The molecule has 160 valence electrons. The predicted molar refractivity (Wildman–Crippen MR) is 124 cm³/mol. The number of amides is 1. The summed E-state index contributed by atoms with van der Waals surface area (Å²) in [5.74, 6) is 0.494. The van der Waals surface area contributed by atoms with Crippen molar-refractivity contribution in [2.75, 3.05) is 6.61 Å². The summed E-state index contributed by atoms with van der Waals surface area (Å²) >= 11 is 0. The number of nitrogens with zero attached hydrogens (tertiary/aromatic N) is 1. The molecular weight excluding hydrogens is 372 g/mol. The Morgan fingerprint density at radius 3 is 2.00 bits per heavy atom. The third-order valence-electron chi connectivity index (χ3n) is 5.60. The Labute approximate surface area is 180 Å². The van der Waals surface area contributed by atoms with E-state index in [1.54, 1.807) is 0 Å². The second-order valence-electron chi connectivity index (χ2n) is 8.05. The second-order valence-corrected chi connectivity index (χ2v) is 8.05. The molecule has 0 heterocycles. The molecular formula is C26H34N2O2. The average Bonchev–Trinajstić information content (AvgIpc) is 2.78. The number of rotatable bonds is 5. The zero-order chi connectivity index (χ0) is 20.9. The smallest absolute Gasteiger partial charge is 0.277 e. The SMILES string of the molecule is O=C(COc1ccccc1-c1ccccc1)NN=C1CCCCCCCCCCC1. The minimum atomic E-state index is -0.212. The van der Waals surface area contributed by atoms with Gasteiger partial charge in [-0.2, -0.15) is 5.10 Å². The van der Waals surface area contributed by atoms with E-state index in [1.165, 1.54) is 44.9 Å². The van der Waals surface area contributed by atoms with Crippen LogP contribution in [0.4, 0.5) is 0 Å². The van der Waals surface area contributed by atoms with Crippen molar-refractivity contribution in [2.24, 2.45) is 5.10 Å². The normalized spacial score (nSPS) is 16.1. The van der Waals surface area contributed by atoms with Gasteiger partial charge in [-0.1, -0.05) is 93.5 Å². The first kappa shape index (κ1) is 22.1. The van der Waals surface area contributed by atoms with E-state index in [2.05, 4.69) is 10.5 Å². The number of carbonyl (C=O) groups excluding carboxylic acids is 1. The molecule has 0 spiro atoms. The first-order valence-electron chi connectivity index (χ1n) is 11.4. The summed E-state index contributed by atoms with van der Waals surface area (Å²) < 4.78 is 5.82. The van der Waals surface area contributed by atoms with Crippen molar-refractivity contribution in [3.63, 3.8) is 0 Å². The van der Waals surface area contributed by atoms with E-state index < -0.39 is 0 Å². The van der Waals surface area contributed by atoms with Gasteiger partial charge in [0, 0.05) is 11.3 Å². The van der Waals surface area contributed by atoms with Crippen LogP contribution in [0.2, 0.25) is 0 Å². The lowest BCUT2D eigenvalue weighted by Crippen LogP contribution is -2.26. The Balaban J connectivity index is 1.52. The molecule has 1 aliphatic rings. The van der Waals surface area contributed by atoms with Gasteiger partial charge in [-0.05, 0) is 37.3 Å². The van der Waals surface area contributed by atoms with Crippen LogP contribution in [0, 0.1) is 0 Å². The number of para-hydroxylation sites is 1. The van der Waals surface area contributed by atoms with Gasteiger partial charge in [-0.25, -0.2) is 5.43 Å². The molecule has 0 unspecified atom stereocenters. The molecule has 0 aliphatic heterocycles. The van der Waals surface area contributed by atoms with Crippen LogP contribution in [0.1, 0.15) is 70.6 Å². The van der Waals surface area contributed by atoms with Gasteiger partial charge in [0.2, 0.25) is 0 Å². The van der Waals surface area contributed by atoms with E-state index in [1.807, 2.05) is 54.6 Å². The number of carbonyl (C=O) groups is 1. The van der Waals surface area contributed by atoms with Crippen molar-refractivity contribution >= 4 is 11.6 Å². The summed E-state index contributed by atoms with van der Waals surface area (Å²) in [4.78, 5) is 12.3. The molecule has 0 saturated heterocycles. The largest absolute Gasteiger partial charge is 0.483 e. The van der Waals surface area contributed by atoms with Crippen LogP contribution in [0.5, 0.6) is 5.75 Å². The van der Waals surface area contributed by atoms with Crippen molar-refractivity contribution < 1.29 is 9.53 Å². The van der Waals surface area contributed by atoms with E-state index in [0.29, 0.717) is 5.75 Å². The molecule has 2 aromatic carbocycles. The number of hydrogen-bond donors (Lipinski definition) is 1. The molecule has 0 atom stereocenters. The fraction of sp³-hybridized carbons (Fsp3) is 0.462. The van der Waals surface area contributed by atoms with Gasteiger partial charge in [0.05, 0.1) is 0 Å². The molecule has 4 heteroatoms. The van der Waals surface area contributed by atoms with Crippen LogP contribution in [0.3, 0.4) is 0 Å². The highest BCUT2D eigenvalue weighted by molar-refractivity contribution is 5.86. The Bertz CT molecular complexity index is 788. The van der Waals surface area contributed by atoms with Gasteiger partial charge in [0.1, 0.15) is 5.75 Å². The van der Waals surface area contributed by atoms with Crippen LogP contribution in [0.25, 0.3) is 11.1 Å². The molecule has 1 saturated carbocycles. The highest BCUT2D eigenvalue weighted by Crippen LogP contribution is 2.29. The van der Waals surface area contributed by atoms with Gasteiger partial charge in [0.25, 0.3) is 5.91 Å². The summed E-state index contributed by atoms with van der Waals surface area (Å²) in [6, 6.07) is 17.9. The molecule has 30 heavy (non-hydrogen) atoms. The first-order chi connectivity index (χ1) is 14.8. The van der Waals surface area contributed by atoms with E-state index in [9.17, 15) is 4.79 Å². The van der Waals surface area contributed by atoms with Gasteiger partial charge < -0.3 is 4.74 Å². The van der Waals surface area contributed by atoms with Crippen molar-refractivity contribution in [1.29, 1.82) is 0 Å². The molecule has 1 N–H and O–H groups in total. The van der Waals surface area contributed by atoms with Crippen molar-refractivity contribution in [3.8, 4) is 16.9 Å². The van der Waals surface area contributed by atoms with Crippen LogP contribution >= 0.6 is 0 Å². The minimum absolute atomic E-state index is 0.0410. The zero-order valence-corrected chi connectivity index (χ0v) is 17.9. The van der Waals surface area contributed by atoms with Gasteiger partial charge in [-0.3, -0.25) is 4.79 Å². The maximum absolute atomic E-state index is 12.3. The summed E-state index contributed by atoms with van der Waals surface area (Å²) in [7, 11) is 0. The third kappa shape index (κ3) is 7.66. The molecule has 2 aromatic rings.